The Morgan fingerprint density at radius 2 is 1.55 bits per heavy atom. The molecule has 202 valence electrons. The molecule has 0 heterocycles. The summed E-state index contributed by atoms with van der Waals surface area (Å²) in [7, 11) is -2.23. The summed E-state index contributed by atoms with van der Waals surface area (Å²) in [6, 6.07) is 24.3. The number of sulfonamides is 1. The molecule has 1 N–H and O–H groups in total. The van der Waals surface area contributed by atoms with Crippen LogP contribution in [0, 0.1) is 0 Å². The molecule has 0 aliphatic carbocycles. The summed E-state index contributed by atoms with van der Waals surface area (Å²) in [5.41, 5.74) is 2.01. The van der Waals surface area contributed by atoms with Crippen LogP contribution in [0.15, 0.2) is 84.9 Å². The second kappa shape index (κ2) is 13.6. The highest BCUT2D eigenvalue weighted by Crippen LogP contribution is 2.21. The van der Waals surface area contributed by atoms with Crippen molar-refractivity contribution in [1.29, 1.82) is 0 Å². The SMILES string of the molecule is CCCNC(=O)[C@H](Cc1ccccc1)N(Cc1cccc(OC)c1)C(=O)CN(c1ccccc1)S(C)(=O)=O. The molecule has 0 aromatic heterocycles. The molecule has 1 atom stereocenters. The van der Waals surface area contributed by atoms with Crippen LogP contribution < -0.4 is 14.4 Å². The summed E-state index contributed by atoms with van der Waals surface area (Å²) < 4.78 is 31.9. The standard InChI is InChI=1S/C29H35N3O5S/c1-4-18-30-29(34)27(20-23-12-7-5-8-13-23)31(21-24-14-11-17-26(19-24)37-2)28(33)22-32(38(3,35)36)25-15-9-6-10-16-25/h5-17,19,27H,4,18,20-22H2,1-3H3,(H,30,34)/t27-/m0/s1. The van der Waals surface area contributed by atoms with E-state index in [4.69, 9.17) is 4.74 Å². The lowest BCUT2D eigenvalue weighted by Gasteiger charge is -2.33. The maximum atomic E-state index is 14.0. The van der Waals surface area contributed by atoms with Gasteiger partial charge in [0.2, 0.25) is 21.8 Å². The quantitative estimate of drug-likeness (QED) is 0.359. The van der Waals surface area contributed by atoms with Gasteiger partial charge < -0.3 is 15.0 Å². The average molecular weight is 538 g/mol. The second-order valence-electron chi connectivity index (χ2n) is 8.97. The minimum atomic E-state index is -3.78. The summed E-state index contributed by atoms with van der Waals surface area (Å²) in [5.74, 6) is -0.167. The smallest absolute Gasteiger partial charge is 0.244 e. The fraction of sp³-hybridized carbons (Fsp3) is 0.310. The Hall–Kier alpha value is -3.85. The fourth-order valence-corrected chi connectivity index (χ4v) is 4.95. The number of anilines is 1. The van der Waals surface area contributed by atoms with Gasteiger partial charge in [0.25, 0.3) is 0 Å². The predicted molar refractivity (Wildman–Crippen MR) is 149 cm³/mol. The topological polar surface area (TPSA) is 96.0 Å². The van der Waals surface area contributed by atoms with E-state index in [2.05, 4.69) is 5.32 Å². The van der Waals surface area contributed by atoms with E-state index >= 15 is 0 Å². The summed E-state index contributed by atoms with van der Waals surface area (Å²) >= 11 is 0. The van der Waals surface area contributed by atoms with Gasteiger partial charge in [0.15, 0.2) is 0 Å². The number of para-hydroxylation sites is 1. The molecule has 0 radical (unpaired) electrons. The summed E-state index contributed by atoms with van der Waals surface area (Å²) in [6.07, 6.45) is 2.08. The van der Waals surface area contributed by atoms with Crippen LogP contribution in [0.5, 0.6) is 5.75 Å². The van der Waals surface area contributed by atoms with Crippen molar-refractivity contribution in [3.05, 3.63) is 96.1 Å². The maximum Gasteiger partial charge on any atom is 0.244 e. The number of carbonyl (C=O) groups is 2. The average Bonchev–Trinajstić information content (AvgIpc) is 2.92. The number of carbonyl (C=O) groups excluding carboxylic acids is 2. The highest BCUT2D eigenvalue weighted by atomic mass is 32.2. The number of hydrogen-bond acceptors (Lipinski definition) is 5. The van der Waals surface area contributed by atoms with Gasteiger partial charge in [-0.25, -0.2) is 8.42 Å². The number of amides is 2. The zero-order chi connectivity index (χ0) is 27.5. The summed E-state index contributed by atoms with van der Waals surface area (Å²) in [4.78, 5) is 28.9. The molecule has 0 saturated carbocycles. The van der Waals surface area contributed by atoms with E-state index in [0.29, 0.717) is 18.0 Å². The number of ether oxygens (including phenoxy) is 1. The lowest BCUT2D eigenvalue weighted by molar-refractivity contribution is -0.140. The van der Waals surface area contributed by atoms with Gasteiger partial charge in [-0.2, -0.15) is 0 Å². The van der Waals surface area contributed by atoms with Crippen molar-refractivity contribution in [3.8, 4) is 5.75 Å². The van der Waals surface area contributed by atoms with E-state index < -0.39 is 28.5 Å². The van der Waals surface area contributed by atoms with Crippen molar-refractivity contribution >= 4 is 27.5 Å². The molecule has 38 heavy (non-hydrogen) atoms. The van der Waals surface area contributed by atoms with E-state index in [1.165, 1.54) is 4.90 Å². The first-order chi connectivity index (χ1) is 18.2. The molecule has 0 spiro atoms. The third-order valence-electron chi connectivity index (χ3n) is 6.03. The number of benzene rings is 3. The van der Waals surface area contributed by atoms with Crippen molar-refractivity contribution in [3.63, 3.8) is 0 Å². The van der Waals surface area contributed by atoms with Crippen LogP contribution in [-0.2, 0) is 32.6 Å². The number of hydrogen-bond donors (Lipinski definition) is 1. The second-order valence-corrected chi connectivity index (χ2v) is 10.9. The first-order valence-electron chi connectivity index (χ1n) is 12.5. The molecular formula is C29H35N3O5S. The minimum Gasteiger partial charge on any atom is -0.497 e. The Morgan fingerprint density at radius 3 is 2.16 bits per heavy atom. The number of rotatable bonds is 13. The fourth-order valence-electron chi connectivity index (χ4n) is 4.10. The van der Waals surface area contributed by atoms with Crippen molar-refractivity contribution in [2.24, 2.45) is 0 Å². The van der Waals surface area contributed by atoms with Gasteiger partial charge in [-0.3, -0.25) is 13.9 Å². The summed E-state index contributed by atoms with van der Waals surface area (Å²) in [6.45, 7) is 2.07. The van der Waals surface area contributed by atoms with Gasteiger partial charge in [-0.05, 0) is 41.8 Å². The van der Waals surface area contributed by atoms with Gasteiger partial charge in [0, 0.05) is 19.5 Å². The Morgan fingerprint density at radius 1 is 0.921 bits per heavy atom. The molecule has 0 fully saturated rings. The molecule has 0 saturated heterocycles. The lowest BCUT2D eigenvalue weighted by atomic mass is 10.0. The number of nitrogens with one attached hydrogen (secondary N) is 1. The molecule has 0 bridgehead atoms. The van der Waals surface area contributed by atoms with E-state index in [0.717, 1.165) is 28.1 Å². The first-order valence-corrected chi connectivity index (χ1v) is 14.3. The normalized spacial score (nSPS) is 11.9. The maximum absolute atomic E-state index is 14.0. The predicted octanol–water partition coefficient (Wildman–Crippen LogP) is 3.63. The van der Waals surface area contributed by atoms with Crippen LogP contribution in [0.3, 0.4) is 0 Å². The molecule has 0 aliphatic heterocycles. The Bertz CT molecular complexity index is 1300. The van der Waals surface area contributed by atoms with Crippen LogP contribution in [0.1, 0.15) is 24.5 Å². The molecule has 0 unspecified atom stereocenters. The van der Waals surface area contributed by atoms with Gasteiger partial charge in [0.05, 0.1) is 19.1 Å². The van der Waals surface area contributed by atoms with Crippen LogP contribution in [0.25, 0.3) is 0 Å². The number of nitrogens with zero attached hydrogens (tertiary/aromatic N) is 2. The van der Waals surface area contributed by atoms with E-state index in [9.17, 15) is 18.0 Å². The van der Waals surface area contributed by atoms with Crippen LogP contribution in [0.2, 0.25) is 0 Å². The summed E-state index contributed by atoms with van der Waals surface area (Å²) in [5, 5.41) is 2.92. The zero-order valence-electron chi connectivity index (χ0n) is 22.0. The van der Waals surface area contributed by atoms with Crippen molar-refractivity contribution in [1.82, 2.24) is 10.2 Å². The van der Waals surface area contributed by atoms with E-state index in [1.807, 2.05) is 49.4 Å². The molecule has 2 amide bonds. The molecule has 8 nitrogen and oxygen atoms in total. The Kier molecular flexibility index (Phi) is 10.3. The van der Waals surface area contributed by atoms with Crippen molar-refractivity contribution in [2.75, 3.05) is 30.8 Å². The third-order valence-corrected chi connectivity index (χ3v) is 7.17. The first kappa shape index (κ1) is 28.7. The molecular weight excluding hydrogens is 502 g/mol. The Labute approximate surface area is 225 Å². The minimum absolute atomic E-state index is 0.0967. The van der Waals surface area contributed by atoms with Crippen LogP contribution in [0.4, 0.5) is 5.69 Å². The largest absolute Gasteiger partial charge is 0.497 e. The van der Waals surface area contributed by atoms with Gasteiger partial charge in [-0.1, -0.05) is 67.6 Å². The van der Waals surface area contributed by atoms with Gasteiger partial charge >= 0.3 is 0 Å². The highest BCUT2D eigenvalue weighted by molar-refractivity contribution is 7.92. The highest BCUT2D eigenvalue weighted by Gasteiger charge is 2.32. The molecule has 3 aromatic rings. The van der Waals surface area contributed by atoms with Crippen LogP contribution >= 0.6 is 0 Å². The Balaban J connectivity index is 2.03. The van der Waals surface area contributed by atoms with Crippen molar-refractivity contribution in [2.45, 2.75) is 32.4 Å². The molecule has 3 rings (SSSR count). The van der Waals surface area contributed by atoms with Gasteiger partial charge in [0.1, 0.15) is 18.3 Å². The monoisotopic (exact) mass is 537 g/mol. The van der Waals surface area contributed by atoms with E-state index in [-0.39, 0.29) is 18.9 Å². The van der Waals surface area contributed by atoms with Crippen molar-refractivity contribution < 1.29 is 22.7 Å². The molecule has 0 aliphatic rings. The lowest BCUT2D eigenvalue weighted by Crippen LogP contribution is -2.53. The molecule has 3 aromatic carbocycles. The molecule has 9 heteroatoms. The van der Waals surface area contributed by atoms with E-state index in [1.54, 1.807) is 49.6 Å². The van der Waals surface area contributed by atoms with Crippen LogP contribution in [-0.4, -0.2) is 57.6 Å². The third kappa shape index (κ3) is 8.08. The van der Waals surface area contributed by atoms with Gasteiger partial charge in [-0.15, -0.1) is 0 Å². The zero-order valence-corrected chi connectivity index (χ0v) is 22.9. The number of methoxy groups -OCH3 is 1.